The van der Waals surface area contributed by atoms with Crippen LogP contribution in [0.15, 0.2) is 29.3 Å². The minimum Gasteiger partial charge on any atom is -0.376 e. The summed E-state index contributed by atoms with van der Waals surface area (Å²) in [5, 5.41) is 6.45. The molecule has 1 atom stereocenters. The maximum absolute atomic E-state index is 11.1. The highest BCUT2D eigenvalue weighted by molar-refractivity contribution is 14.0. The van der Waals surface area contributed by atoms with Gasteiger partial charge in [0.05, 0.1) is 6.10 Å². The Morgan fingerprint density at radius 2 is 2.27 bits per heavy atom. The molecule has 1 fully saturated rings. The van der Waals surface area contributed by atoms with Crippen LogP contribution in [0.25, 0.3) is 0 Å². The summed E-state index contributed by atoms with van der Waals surface area (Å²) < 4.78 is 5.56. The highest BCUT2D eigenvalue weighted by Gasteiger charge is 2.15. The minimum absolute atomic E-state index is 0. The molecule has 0 saturated carbocycles. The first-order valence-corrected chi connectivity index (χ1v) is 7.14. The van der Waals surface area contributed by atoms with Gasteiger partial charge in [0.25, 0.3) is 0 Å². The van der Waals surface area contributed by atoms with Crippen molar-refractivity contribution in [1.82, 2.24) is 10.6 Å². The van der Waals surface area contributed by atoms with E-state index in [4.69, 9.17) is 10.5 Å². The van der Waals surface area contributed by atoms with Crippen LogP contribution in [0.3, 0.4) is 0 Å². The third kappa shape index (κ3) is 5.80. The van der Waals surface area contributed by atoms with Crippen molar-refractivity contribution in [2.45, 2.75) is 25.5 Å². The van der Waals surface area contributed by atoms with Gasteiger partial charge < -0.3 is 21.1 Å². The Kier molecular flexibility index (Phi) is 8.18. The highest BCUT2D eigenvalue weighted by atomic mass is 127. The van der Waals surface area contributed by atoms with Crippen molar-refractivity contribution in [3.05, 3.63) is 35.4 Å². The van der Waals surface area contributed by atoms with Gasteiger partial charge in [0, 0.05) is 32.3 Å². The summed E-state index contributed by atoms with van der Waals surface area (Å²) in [6.45, 7) is 2.17. The van der Waals surface area contributed by atoms with Crippen LogP contribution in [0, 0.1) is 0 Å². The van der Waals surface area contributed by atoms with Gasteiger partial charge in [-0.15, -0.1) is 24.0 Å². The van der Waals surface area contributed by atoms with E-state index in [0.29, 0.717) is 12.1 Å². The van der Waals surface area contributed by atoms with Crippen LogP contribution in [0.5, 0.6) is 0 Å². The predicted molar refractivity (Wildman–Crippen MR) is 97.6 cm³/mol. The van der Waals surface area contributed by atoms with E-state index < -0.39 is 5.91 Å². The third-order valence-electron chi connectivity index (χ3n) is 3.42. The fourth-order valence-corrected chi connectivity index (χ4v) is 2.26. The lowest BCUT2D eigenvalue weighted by molar-refractivity contribution is 0.1000. The largest absolute Gasteiger partial charge is 0.376 e. The van der Waals surface area contributed by atoms with Crippen LogP contribution in [0.1, 0.15) is 28.8 Å². The van der Waals surface area contributed by atoms with Crippen molar-refractivity contribution in [2.24, 2.45) is 10.7 Å². The van der Waals surface area contributed by atoms with E-state index in [1.54, 1.807) is 19.2 Å². The Labute approximate surface area is 147 Å². The molecule has 6 nitrogen and oxygen atoms in total. The summed E-state index contributed by atoms with van der Waals surface area (Å²) in [4.78, 5) is 15.3. The highest BCUT2D eigenvalue weighted by Crippen LogP contribution is 2.10. The van der Waals surface area contributed by atoms with Gasteiger partial charge in [-0.2, -0.15) is 0 Å². The maximum Gasteiger partial charge on any atom is 0.248 e. The van der Waals surface area contributed by atoms with E-state index >= 15 is 0 Å². The molecule has 122 valence electrons. The molecular formula is C15H23IN4O2. The van der Waals surface area contributed by atoms with Gasteiger partial charge in [-0.05, 0) is 30.5 Å². The van der Waals surface area contributed by atoms with E-state index in [-0.39, 0.29) is 30.1 Å². The molecule has 1 unspecified atom stereocenters. The minimum atomic E-state index is -0.419. The van der Waals surface area contributed by atoms with Crippen molar-refractivity contribution in [2.75, 3.05) is 20.2 Å². The van der Waals surface area contributed by atoms with E-state index in [2.05, 4.69) is 15.6 Å². The van der Waals surface area contributed by atoms with Crippen LogP contribution in [-0.2, 0) is 11.3 Å². The van der Waals surface area contributed by atoms with Gasteiger partial charge in [-0.1, -0.05) is 12.1 Å². The number of guanidine groups is 1. The topological polar surface area (TPSA) is 88.7 Å². The zero-order valence-electron chi connectivity index (χ0n) is 12.7. The molecule has 0 bridgehead atoms. The molecule has 1 aliphatic rings. The van der Waals surface area contributed by atoms with Crippen LogP contribution in [0.4, 0.5) is 0 Å². The maximum atomic E-state index is 11.1. The van der Waals surface area contributed by atoms with Gasteiger partial charge in [0.15, 0.2) is 5.96 Å². The summed E-state index contributed by atoms with van der Waals surface area (Å²) in [5.41, 5.74) is 6.76. The van der Waals surface area contributed by atoms with E-state index in [1.807, 2.05) is 12.1 Å². The predicted octanol–water partition coefficient (Wildman–Crippen LogP) is 1.25. The first-order valence-electron chi connectivity index (χ1n) is 7.14. The monoisotopic (exact) mass is 418 g/mol. The van der Waals surface area contributed by atoms with Crippen LogP contribution in [0.2, 0.25) is 0 Å². The number of hydrogen-bond acceptors (Lipinski definition) is 3. The number of carbonyl (C=O) groups is 1. The van der Waals surface area contributed by atoms with Gasteiger partial charge in [-0.25, -0.2) is 0 Å². The van der Waals surface area contributed by atoms with E-state index in [9.17, 15) is 4.79 Å². The number of nitrogens with two attached hydrogens (primary N) is 1. The number of ether oxygens (including phenoxy) is 1. The number of benzene rings is 1. The summed E-state index contributed by atoms with van der Waals surface area (Å²) in [6.07, 6.45) is 2.48. The normalized spacial score (nSPS) is 17.7. The van der Waals surface area contributed by atoms with E-state index in [1.165, 1.54) is 0 Å². The molecule has 22 heavy (non-hydrogen) atoms. The van der Waals surface area contributed by atoms with Crippen molar-refractivity contribution >= 4 is 35.8 Å². The fraction of sp³-hybridized carbons (Fsp3) is 0.467. The Balaban J connectivity index is 0.00000242. The molecule has 1 aromatic rings. The summed E-state index contributed by atoms with van der Waals surface area (Å²) >= 11 is 0. The molecule has 0 spiro atoms. The Hall–Kier alpha value is -1.35. The second kappa shape index (κ2) is 9.62. The van der Waals surface area contributed by atoms with Crippen LogP contribution in [-0.4, -0.2) is 38.2 Å². The second-order valence-corrected chi connectivity index (χ2v) is 5.01. The molecule has 2 rings (SSSR count). The van der Waals surface area contributed by atoms with Crippen molar-refractivity contribution in [3.8, 4) is 0 Å². The van der Waals surface area contributed by atoms with Crippen molar-refractivity contribution in [1.29, 1.82) is 0 Å². The fourth-order valence-electron chi connectivity index (χ4n) is 2.26. The standard InChI is InChI=1S/C15H22N4O2.HI/c1-17-15(19-10-13-6-3-7-21-13)18-9-11-4-2-5-12(8-11)14(16)20;/h2,4-5,8,13H,3,6-7,9-10H2,1H3,(H2,16,20)(H2,17,18,19);1H. The summed E-state index contributed by atoms with van der Waals surface area (Å²) in [6, 6.07) is 7.24. The number of aliphatic imine (C=N–C) groups is 1. The molecule has 1 amide bonds. The molecule has 7 heteroatoms. The average molecular weight is 418 g/mol. The first-order chi connectivity index (χ1) is 10.2. The van der Waals surface area contributed by atoms with Crippen molar-refractivity contribution in [3.63, 3.8) is 0 Å². The molecule has 0 radical (unpaired) electrons. The summed E-state index contributed by atoms with van der Waals surface area (Å²) in [7, 11) is 1.73. The molecule has 0 aliphatic carbocycles. The Bertz CT molecular complexity index is 516. The van der Waals surface area contributed by atoms with Crippen LogP contribution < -0.4 is 16.4 Å². The number of nitrogens with zero attached hydrogens (tertiary/aromatic N) is 1. The lowest BCUT2D eigenvalue weighted by Crippen LogP contribution is -2.40. The van der Waals surface area contributed by atoms with Gasteiger partial charge >= 0.3 is 0 Å². The number of rotatable bonds is 5. The van der Waals surface area contributed by atoms with Gasteiger partial charge in [0.1, 0.15) is 0 Å². The van der Waals surface area contributed by atoms with Crippen LogP contribution >= 0.6 is 24.0 Å². The number of hydrogen-bond donors (Lipinski definition) is 3. The molecule has 1 saturated heterocycles. The van der Waals surface area contributed by atoms with E-state index in [0.717, 1.165) is 37.5 Å². The Morgan fingerprint density at radius 1 is 1.45 bits per heavy atom. The Morgan fingerprint density at radius 3 is 2.91 bits per heavy atom. The summed E-state index contributed by atoms with van der Waals surface area (Å²) in [5.74, 6) is 0.299. The lowest BCUT2D eigenvalue weighted by atomic mass is 10.1. The number of amides is 1. The molecule has 4 N–H and O–H groups in total. The molecule has 1 aliphatic heterocycles. The smallest absolute Gasteiger partial charge is 0.248 e. The van der Waals surface area contributed by atoms with Gasteiger partial charge in [-0.3, -0.25) is 9.79 Å². The lowest BCUT2D eigenvalue weighted by Gasteiger charge is -2.15. The number of halogens is 1. The number of carbonyl (C=O) groups excluding carboxylic acids is 1. The quantitative estimate of drug-likeness (QED) is 0.382. The van der Waals surface area contributed by atoms with Gasteiger partial charge in [0.2, 0.25) is 5.91 Å². The molecule has 1 heterocycles. The number of nitrogens with one attached hydrogen (secondary N) is 2. The number of primary amides is 1. The molecular weight excluding hydrogens is 395 g/mol. The SMILES string of the molecule is CN=C(NCc1cccc(C(N)=O)c1)NCC1CCCO1.I. The zero-order chi connectivity index (χ0) is 15.1. The second-order valence-electron chi connectivity index (χ2n) is 5.01. The molecule has 1 aromatic carbocycles. The zero-order valence-corrected chi connectivity index (χ0v) is 15.0. The third-order valence-corrected chi connectivity index (χ3v) is 3.42. The first kappa shape index (κ1) is 18.7. The van der Waals surface area contributed by atoms with Crippen molar-refractivity contribution < 1.29 is 9.53 Å². The molecule has 0 aromatic heterocycles. The average Bonchev–Trinajstić information content (AvgIpc) is 3.01.